The Balaban J connectivity index is 2.43. The van der Waals surface area contributed by atoms with Crippen LogP contribution in [0.15, 0.2) is 35.4 Å². The molecule has 0 bridgehead atoms. The number of nitrogen functional groups attached to an aromatic ring is 1. The molecule has 0 fully saturated rings. The van der Waals surface area contributed by atoms with E-state index < -0.39 is 20.7 Å². The molecule has 5 nitrogen and oxygen atoms in total. The molecule has 1 aromatic carbocycles. The molecule has 20 heavy (non-hydrogen) atoms. The van der Waals surface area contributed by atoms with Gasteiger partial charge in [-0.2, -0.15) is 0 Å². The lowest BCUT2D eigenvalue weighted by Crippen LogP contribution is -2.16. The van der Waals surface area contributed by atoms with Crippen LogP contribution < -0.4 is 10.5 Å². The summed E-state index contributed by atoms with van der Waals surface area (Å²) in [6, 6.07) is 5.46. The molecule has 0 amide bonds. The quantitative estimate of drug-likeness (QED) is 0.850. The summed E-state index contributed by atoms with van der Waals surface area (Å²) < 4.78 is 40.3. The molecule has 2 rings (SSSR count). The third-order valence-electron chi connectivity index (χ3n) is 2.76. The van der Waals surface area contributed by atoms with E-state index in [0.717, 1.165) is 17.7 Å². The van der Waals surface area contributed by atoms with Crippen LogP contribution in [0.4, 0.5) is 15.9 Å². The van der Waals surface area contributed by atoms with Crippen LogP contribution in [0.5, 0.6) is 0 Å². The first-order valence-electron chi connectivity index (χ1n) is 5.81. The average molecular weight is 295 g/mol. The molecular formula is C13H14FN3O2S. The molecule has 7 heteroatoms. The van der Waals surface area contributed by atoms with Crippen LogP contribution in [-0.2, 0) is 10.0 Å². The van der Waals surface area contributed by atoms with Crippen molar-refractivity contribution in [2.75, 3.05) is 10.5 Å². The Kier molecular flexibility index (Phi) is 3.63. The van der Waals surface area contributed by atoms with Gasteiger partial charge >= 0.3 is 0 Å². The normalized spacial score (nSPS) is 11.3. The van der Waals surface area contributed by atoms with Crippen molar-refractivity contribution in [3.05, 3.63) is 47.4 Å². The van der Waals surface area contributed by atoms with E-state index in [0.29, 0.717) is 5.56 Å². The third-order valence-corrected chi connectivity index (χ3v) is 4.13. The van der Waals surface area contributed by atoms with Gasteiger partial charge in [-0.3, -0.25) is 4.72 Å². The van der Waals surface area contributed by atoms with Crippen molar-refractivity contribution < 1.29 is 12.8 Å². The molecule has 0 radical (unpaired) electrons. The average Bonchev–Trinajstić information content (AvgIpc) is 2.33. The number of nitrogens with zero attached hydrogens (tertiary/aromatic N) is 1. The lowest BCUT2D eigenvalue weighted by Gasteiger charge is -2.10. The number of rotatable bonds is 3. The summed E-state index contributed by atoms with van der Waals surface area (Å²) >= 11 is 0. The van der Waals surface area contributed by atoms with Gasteiger partial charge in [0.2, 0.25) is 0 Å². The van der Waals surface area contributed by atoms with Gasteiger partial charge < -0.3 is 5.73 Å². The maximum atomic E-state index is 13.8. The molecular weight excluding hydrogens is 281 g/mol. The summed E-state index contributed by atoms with van der Waals surface area (Å²) in [5.41, 5.74) is 7.16. The van der Waals surface area contributed by atoms with Crippen LogP contribution in [0.2, 0.25) is 0 Å². The van der Waals surface area contributed by atoms with Crippen LogP contribution in [0.1, 0.15) is 11.1 Å². The summed E-state index contributed by atoms with van der Waals surface area (Å²) in [4.78, 5) is 3.38. The number of benzene rings is 1. The lowest BCUT2D eigenvalue weighted by molar-refractivity contribution is 0.570. The van der Waals surface area contributed by atoms with E-state index >= 15 is 0 Å². The van der Waals surface area contributed by atoms with Gasteiger partial charge in [-0.05, 0) is 49.2 Å². The topological polar surface area (TPSA) is 85.1 Å². The maximum Gasteiger partial charge on any atom is 0.266 e. The third kappa shape index (κ3) is 2.88. The van der Waals surface area contributed by atoms with E-state index in [1.165, 1.54) is 6.20 Å². The molecule has 0 saturated heterocycles. The number of pyridine rings is 1. The van der Waals surface area contributed by atoms with Crippen LogP contribution in [0, 0.1) is 19.7 Å². The second-order valence-electron chi connectivity index (χ2n) is 4.46. The van der Waals surface area contributed by atoms with Gasteiger partial charge in [0.1, 0.15) is 16.5 Å². The molecule has 3 N–H and O–H groups in total. The minimum Gasteiger partial charge on any atom is -0.398 e. The van der Waals surface area contributed by atoms with Gasteiger partial charge in [-0.15, -0.1) is 0 Å². The zero-order valence-corrected chi connectivity index (χ0v) is 11.8. The van der Waals surface area contributed by atoms with Crippen molar-refractivity contribution >= 4 is 21.5 Å². The first kappa shape index (κ1) is 14.3. The molecule has 1 aromatic heterocycles. The summed E-state index contributed by atoms with van der Waals surface area (Å²) in [5, 5.41) is 0. The van der Waals surface area contributed by atoms with Crippen molar-refractivity contribution in [1.29, 1.82) is 0 Å². The number of hydrogen-bond acceptors (Lipinski definition) is 4. The number of anilines is 2. The molecule has 0 aliphatic carbocycles. The molecule has 0 aliphatic rings. The second-order valence-corrected chi connectivity index (χ2v) is 6.11. The minimum absolute atomic E-state index is 0.128. The zero-order valence-electron chi connectivity index (χ0n) is 11.0. The van der Waals surface area contributed by atoms with Crippen LogP contribution in [0.25, 0.3) is 0 Å². The predicted octanol–water partition coefficient (Wildman–Crippen LogP) is 2.22. The number of aryl methyl sites for hydroxylation is 2. The summed E-state index contributed by atoms with van der Waals surface area (Å²) in [5.74, 6) is -0.722. The molecule has 0 saturated carbocycles. The molecule has 0 unspecified atom stereocenters. The summed E-state index contributed by atoms with van der Waals surface area (Å²) in [6.07, 6.45) is 1.47. The Morgan fingerprint density at radius 1 is 1.25 bits per heavy atom. The number of sulfonamides is 1. The van der Waals surface area contributed by atoms with E-state index in [4.69, 9.17) is 5.73 Å². The van der Waals surface area contributed by atoms with Gasteiger partial charge in [0.25, 0.3) is 10.0 Å². The van der Waals surface area contributed by atoms with Crippen LogP contribution >= 0.6 is 0 Å². The van der Waals surface area contributed by atoms with E-state index in [-0.39, 0.29) is 11.5 Å². The van der Waals surface area contributed by atoms with Crippen molar-refractivity contribution in [1.82, 2.24) is 4.98 Å². The van der Waals surface area contributed by atoms with Crippen LogP contribution in [-0.4, -0.2) is 13.4 Å². The monoisotopic (exact) mass is 295 g/mol. The van der Waals surface area contributed by atoms with Crippen molar-refractivity contribution in [3.8, 4) is 0 Å². The van der Waals surface area contributed by atoms with Crippen LogP contribution in [0.3, 0.4) is 0 Å². The number of nitrogens with two attached hydrogens (primary N) is 1. The minimum atomic E-state index is -4.07. The van der Waals surface area contributed by atoms with E-state index in [9.17, 15) is 12.8 Å². The van der Waals surface area contributed by atoms with Gasteiger partial charge in [0.05, 0.1) is 0 Å². The van der Waals surface area contributed by atoms with Crippen molar-refractivity contribution in [2.24, 2.45) is 0 Å². The SMILES string of the molecule is Cc1ccnc(NS(=O)(=O)c2cc(N)c(C)cc2F)c1. The Bertz CT molecular complexity index is 760. The fourth-order valence-electron chi connectivity index (χ4n) is 1.66. The number of nitrogens with one attached hydrogen (secondary N) is 1. The predicted molar refractivity (Wildman–Crippen MR) is 75.3 cm³/mol. The van der Waals surface area contributed by atoms with Crippen molar-refractivity contribution in [3.63, 3.8) is 0 Å². The summed E-state index contributed by atoms with van der Waals surface area (Å²) in [6.45, 7) is 3.40. The van der Waals surface area contributed by atoms with E-state index in [1.807, 2.05) is 0 Å². The first-order valence-corrected chi connectivity index (χ1v) is 7.29. The summed E-state index contributed by atoms with van der Waals surface area (Å²) in [7, 11) is -4.07. The van der Waals surface area contributed by atoms with Gasteiger partial charge in [-0.25, -0.2) is 17.8 Å². The first-order chi connectivity index (χ1) is 9.29. The molecule has 106 valence electrons. The fraction of sp³-hybridized carbons (Fsp3) is 0.154. The standard InChI is InChI=1S/C13H14FN3O2S/c1-8-3-4-16-13(5-8)17-20(18,19)12-7-11(15)9(2)6-10(12)14/h3-7H,15H2,1-2H3,(H,16,17). The Morgan fingerprint density at radius 3 is 2.60 bits per heavy atom. The zero-order chi connectivity index (χ0) is 14.9. The molecule has 0 spiro atoms. The van der Waals surface area contributed by atoms with E-state index in [1.54, 1.807) is 26.0 Å². The number of hydrogen-bond donors (Lipinski definition) is 2. The molecule has 1 heterocycles. The highest BCUT2D eigenvalue weighted by molar-refractivity contribution is 7.92. The Labute approximate surface area is 116 Å². The molecule has 0 aliphatic heterocycles. The van der Waals surface area contributed by atoms with Gasteiger partial charge in [0, 0.05) is 11.9 Å². The lowest BCUT2D eigenvalue weighted by atomic mass is 10.2. The maximum absolute atomic E-state index is 13.8. The highest BCUT2D eigenvalue weighted by Crippen LogP contribution is 2.23. The number of aromatic nitrogens is 1. The van der Waals surface area contributed by atoms with E-state index in [2.05, 4.69) is 9.71 Å². The number of halogens is 1. The smallest absolute Gasteiger partial charge is 0.266 e. The highest BCUT2D eigenvalue weighted by atomic mass is 32.2. The van der Waals surface area contributed by atoms with Gasteiger partial charge in [-0.1, -0.05) is 0 Å². The Morgan fingerprint density at radius 2 is 1.95 bits per heavy atom. The highest BCUT2D eigenvalue weighted by Gasteiger charge is 2.21. The molecule has 0 atom stereocenters. The fourth-order valence-corrected chi connectivity index (χ4v) is 2.75. The van der Waals surface area contributed by atoms with Gasteiger partial charge in [0.15, 0.2) is 0 Å². The second kappa shape index (κ2) is 5.09. The molecule has 2 aromatic rings. The largest absolute Gasteiger partial charge is 0.398 e. The Hall–Kier alpha value is -2.15. The van der Waals surface area contributed by atoms with Crippen molar-refractivity contribution in [2.45, 2.75) is 18.7 Å².